The number of rotatable bonds is 9. The lowest BCUT2D eigenvalue weighted by Crippen LogP contribution is -2.50. The second-order valence-corrected chi connectivity index (χ2v) is 10.1. The normalized spacial score (nSPS) is 22.1. The number of benzene rings is 2. The molecule has 2 amide bonds. The average Bonchev–Trinajstić information content (AvgIpc) is 3.72. The predicted molar refractivity (Wildman–Crippen MR) is 126 cm³/mol. The Kier molecular flexibility index (Phi) is 5.80. The lowest BCUT2D eigenvalue weighted by atomic mass is 9.91. The maximum atomic E-state index is 12.7. The summed E-state index contributed by atoms with van der Waals surface area (Å²) in [6.45, 7) is 2.44. The Morgan fingerprint density at radius 1 is 1.03 bits per heavy atom. The third kappa shape index (κ3) is 4.52. The summed E-state index contributed by atoms with van der Waals surface area (Å²) in [5, 5.41) is 15.0. The number of ether oxygens (including phenoxy) is 1. The quantitative estimate of drug-likeness (QED) is 0.524. The number of aliphatic carboxylic acids is 1. The van der Waals surface area contributed by atoms with Crippen LogP contribution >= 0.6 is 0 Å². The van der Waals surface area contributed by atoms with Crippen LogP contribution in [-0.2, 0) is 14.3 Å². The molecule has 3 aliphatic carbocycles. The van der Waals surface area contributed by atoms with Crippen LogP contribution in [0.4, 0.5) is 4.79 Å². The Balaban J connectivity index is 1.10. The van der Waals surface area contributed by atoms with Crippen LogP contribution in [-0.4, -0.2) is 41.8 Å². The van der Waals surface area contributed by atoms with Crippen LogP contribution < -0.4 is 10.6 Å². The van der Waals surface area contributed by atoms with E-state index in [1.54, 1.807) is 0 Å². The number of carbonyl (C=O) groups excluding carboxylic acids is 2. The molecule has 0 bridgehead atoms. The van der Waals surface area contributed by atoms with Crippen LogP contribution in [0.15, 0.2) is 48.5 Å². The van der Waals surface area contributed by atoms with Crippen molar-refractivity contribution in [2.75, 3.05) is 13.2 Å². The highest BCUT2D eigenvalue weighted by Gasteiger charge is 2.49. The summed E-state index contributed by atoms with van der Waals surface area (Å²) in [4.78, 5) is 36.3. The van der Waals surface area contributed by atoms with E-state index in [4.69, 9.17) is 4.74 Å². The van der Waals surface area contributed by atoms with Crippen molar-refractivity contribution >= 4 is 18.0 Å². The Morgan fingerprint density at radius 3 is 2.24 bits per heavy atom. The average molecular weight is 463 g/mol. The zero-order valence-corrected chi connectivity index (χ0v) is 19.3. The molecule has 3 atom stereocenters. The molecule has 2 fully saturated rings. The smallest absolute Gasteiger partial charge is 0.407 e. The van der Waals surface area contributed by atoms with Gasteiger partial charge in [-0.3, -0.25) is 9.59 Å². The lowest BCUT2D eigenvalue weighted by molar-refractivity contribution is -0.139. The SMILES string of the molecule is CC(CC(=O)O)(NC(=O)C1CC1CNC(=O)OCC1c2ccccc2-c2ccccc21)C1CC1. The molecular weight excluding hydrogens is 432 g/mol. The first-order valence-corrected chi connectivity index (χ1v) is 12.0. The van der Waals surface area contributed by atoms with Crippen LogP contribution in [0.1, 0.15) is 49.7 Å². The van der Waals surface area contributed by atoms with Crippen molar-refractivity contribution in [1.82, 2.24) is 10.6 Å². The minimum Gasteiger partial charge on any atom is -0.481 e. The fourth-order valence-electron chi connectivity index (χ4n) is 5.36. The Hall–Kier alpha value is -3.35. The minimum atomic E-state index is -0.904. The molecular formula is C27H30N2O5. The Labute approximate surface area is 198 Å². The maximum Gasteiger partial charge on any atom is 0.407 e. The molecule has 3 unspecified atom stereocenters. The van der Waals surface area contributed by atoms with E-state index in [0.717, 1.165) is 24.0 Å². The maximum absolute atomic E-state index is 12.7. The van der Waals surface area contributed by atoms with Crippen molar-refractivity contribution in [3.05, 3.63) is 59.7 Å². The van der Waals surface area contributed by atoms with Crippen molar-refractivity contribution in [2.24, 2.45) is 17.8 Å². The summed E-state index contributed by atoms with van der Waals surface area (Å²) in [5.74, 6) is -0.931. The van der Waals surface area contributed by atoms with Gasteiger partial charge in [0, 0.05) is 18.4 Å². The zero-order chi connectivity index (χ0) is 23.9. The topological polar surface area (TPSA) is 105 Å². The van der Waals surface area contributed by atoms with Crippen LogP contribution in [0.5, 0.6) is 0 Å². The molecule has 7 heteroatoms. The van der Waals surface area contributed by atoms with Crippen LogP contribution in [0.2, 0.25) is 0 Å². The van der Waals surface area contributed by atoms with Crippen molar-refractivity contribution in [1.29, 1.82) is 0 Å². The van der Waals surface area contributed by atoms with Gasteiger partial charge in [-0.05, 0) is 60.3 Å². The number of amides is 2. The van der Waals surface area contributed by atoms with E-state index in [-0.39, 0.29) is 42.6 Å². The first-order valence-electron chi connectivity index (χ1n) is 12.0. The number of hydrogen-bond acceptors (Lipinski definition) is 4. The van der Waals surface area contributed by atoms with E-state index in [1.807, 2.05) is 31.2 Å². The number of nitrogens with one attached hydrogen (secondary N) is 2. The van der Waals surface area contributed by atoms with Gasteiger partial charge < -0.3 is 20.5 Å². The Bertz CT molecular complexity index is 1080. The van der Waals surface area contributed by atoms with Gasteiger partial charge in [0.1, 0.15) is 6.61 Å². The van der Waals surface area contributed by atoms with Crippen molar-refractivity contribution < 1.29 is 24.2 Å². The van der Waals surface area contributed by atoms with Gasteiger partial charge in [0.2, 0.25) is 5.91 Å². The minimum absolute atomic E-state index is 0.00642. The number of alkyl carbamates (subject to hydrolysis) is 1. The van der Waals surface area contributed by atoms with Crippen LogP contribution in [0.3, 0.4) is 0 Å². The summed E-state index contributed by atoms with van der Waals surface area (Å²) in [5.41, 5.74) is 3.99. The molecule has 2 aromatic rings. The molecule has 34 heavy (non-hydrogen) atoms. The van der Waals surface area contributed by atoms with Gasteiger partial charge in [0.15, 0.2) is 0 Å². The molecule has 0 radical (unpaired) electrons. The number of hydrogen-bond donors (Lipinski definition) is 3. The highest BCUT2D eigenvalue weighted by atomic mass is 16.5. The molecule has 0 spiro atoms. The van der Waals surface area contributed by atoms with E-state index >= 15 is 0 Å². The number of carboxylic acids is 1. The molecule has 0 aliphatic heterocycles. The lowest BCUT2D eigenvalue weighted by Gasteiger charge is -2.29. The van der Waals surface area contributed by atoms with E-state index in [1.165, 1.54) is 11.1 Å². The second kappa shape index (κ2) is 8.78. The van der Waals surface area contributed by atoms with Crippen molar-refractivity contribution in [2.45, 2.75) is 44.1 Å². The molecule has 3 aliphatic rings. The van der Waals surface area contributed by atoms with Gasteiger partial charge in [-0.2, -0.15) is 0 Å². The fourth-order valence-corrected chi connectivity index (χ4v) is 5.36. The largest absolute Gasteiger partial charge is 0.481 e. The second-order valence-electron chi connectivity index (χ2n) is 10.1. The molecule has 0 aromatic heterocycles. The molecule has 5 rings (SSSR count). The number of carbonyl (C=O) groups is 3. The van der Waals surface area contributed by atoms with Gasteiger partial charge in [-0.15, -0.1) is 0 Å². The summed E-state index contributed by atoms with van der Waals surface area (Å²) < 4.78 is 5.56. The van der Waals surface area contributed by atoms with Crippen molar-refractivity contribution in [3.8, 4) is 11.1 Å². The highest BCUT2D eigenvalue weighted by molar-refractivity contribution is 5.83. The molecule has 7 nitrogen and oxygen atoms in total. The molecule has 2 saturated carbocycles. The summed E-state index contributed by atoms with van der Waals surface area (Å²) in [7, 11) is 0. The Morgan fingerprint density at radius 2 is 1.65 bits per heavy atom. The summed E-state index contributed by atoms with van der Waals surface area (Å²) >= 11 is 0. The molecule has 0 saturated heterocycles. The molecule has 3 N–H and O–H groups in total. The zero-order valence-electron chi connectivity index (χ0n) is 19.3. The van der Waals surface area contributed by atoms with Crippen LogP contribution in [0.25, 0.3) is 11.1 Å². The first-order chi connectivity index (χ1) is 16.4. The van der Waals surface area contributed by atoms with Gasteiger partial charge >= 0.3 is 12.1 Å². The number of fused-ring (bicyclic) bond motifs is 3. The fraction of sp³-hybridized carbons (Fsp3) is 0.444. The standard InChI is InChI=1S/C27H30N2O5/c1-27(13-24(30)31,17-10-11-17)29-25(32)22-12-16(22)14-28-26(33)34-15-23-20-8-4-2-6-18(20)19-7-3-5-9-21(19)23/h2-9,16-17,22-23H,10-15H2,1H3,(H,28,33)(H,29,32)(H,30,31). The summed E-state index contributed by atoms with van der Waals surface area (Å²) in [6.07, 6.45) is 2.02. The highest BCUT2D eigenvalue weighted by Crippen LogP contribution is 2.45. The predicted octanol–water partition coefficient (Wildman–Crippen LogP) is 3.92. The molecule has 2 aromatic carbocycles. The van der Waals surface area contributed by atoms with E-state index < -0.39 is 17.6 Å². The van der Waals surface area contributed by atoms with Crippen molar-refractivity contribution in [3.63, 3.8) is 0 Å². The monoisotopic (exact) mass is 462 g/mol. The van der Waals surface area contributed by atoms with E-state index in [2.05, 4.69) is 34.9 Å². The van der Waals surface area contributed by atoms with Gasteiger partial charge in [-0.1, -0.05) is 48.5 Å². The van der Waals surface area contributed by atoms with Gasteiger partial charge in [0.05, 0.1) is 12.0 Å². The van der Waals surface area contributed by atoms with Crippen LogP contribution in [0, 0.1) is 17.8 Å². The first kappa shape index (κ1) is 22.4. The number of carboxylic acid groups (broad SMARTS) is 1. The van der Waals surface area contributed by atoms with Gasteiger partial charge in [0.25, 0.3) is 0 Å². The third-order valence-corrected chi connectivity index (χ3v) is 7.52. The summed E-state index contributed by atoms with van der Waals surface area (Å²) in [6, 6.07) is 16.4. The molecule has 0 heterocycles. The van der Waals surface area contributed by atoms with Gasteiger partial charge in [-0.25, -0.2) is 4.79 Å². The van der Waals surface area contributed by atoms with E-state index in [0.29, 0.717) is 13.0 Å². The van der Waals surface area contributed by atoms with E-state index in [9.17, 15) is 19.5 Å². The molecule has 178 valence electrons. The third-order valence-electron chi connectivity index (χ3n) is 7.52.